The van der Waals surface area contributed by atoms with E-state index in [1.165, 1.54) is 8.61 Å². The summed E-state index contributed by atoms with van der Waals surface area (Å²) in [6, 6.07) is 7.39. The van der Waals surface area contributed by atoms with Gasteiger partial charge in [-0.2, -0.15) is 17.0 Å². The molecule has 100 valence electrons. The Labute approximate surface area is 108 Å². The third kappa shape index (κ3) is 2.50. The first kappa shape index (κ1) is 13.3. The van der Waals surface area contributed by atoms with E-state index in [1.54, 1.807) is 6.07 Å². The van der Waals surface area contributed by atoms with E-state index in [2.05, 4.69) is 0 Å². The van der Waals surface area contributed by atoms with Gasteiger partial charge in [0.25, 0.3) is 10.2 Å². The Morgan fingerprint density at radius 2 is 1.89 bits per heavy atom. The quantitative estimate of drug-likeness (QED) is 0.834. The van der Waals surface area contributed by atoms with E-state index in [9.17, 15) is 8.42 Å². The molecule has 0 radical (unpaired) electrons. The summed E-state index contributed by atoms with van der Waals surface area (Å²) >= 11 is 0. The van der Waals surface area contributed by atoms with Crippen LogP contribution in [-0.4, -0.2) is 36.7 Å². The molecule has 1 saturated heterocycles. The molecular formula is C12H19N3O2S. The van der Waals surface area contributed by atoms with E-state index in [-0.39, 0.29) is 0 Å². The maximum atomic E-state index is 12.3. The van der Waals surface area contributed by atoms with Gasteiger partial charge < -0.3 is 5.73 Å². The zero-order valence-electron chi connectivity index (χ0n) is 10.5. The standard InChI is InChI=1S/C12H19N3O2S/c1-2-14-8-5-9-15(18(14,16)17)10-11-6-3-4-7-12(11)13/h3-4,6-7H,2,5,8-10,13H2,1H3. The van der Waals surface area contributed by atoms with Crippen LogP contribution in [0.25, 0.3) is 0 Å². The minimum Gasteiger partial charge on any atom is -0.398 e. The Morgan fingerprint density at radius 1 is 1.22 bits per heavy atom. The monoisotopic (exact) mass is 269 g/mol. The summed E-state index contributed by atoms with van der Waals surface area (Å²) in [6.07, 6.45) is 0.861. The maximum Gasteiger partial charge on any atom is 0.282 e. The lowest BCUT2D eigenvalue weighted by molar-refractivity contribution is 0.286. The normalized spacial score (nSPS) is 20.9. The van der Waals surface area contributed by atoms with Crippen LogP contribution in [0, 0.1) is 0 Å². The van der Waals surface area contributed by atoms with Crippen LogP contribution < -0.4 is 5.73 Å². The van der Waals surface area contributed by atoms with Gasteiger partial charge in [0.1, 0.15) is 0 Å². The van der Waals surface area contributed by atoms with Crippen LogP contribution in [0.4, 0.5) is 5.69 Å². The van der Waals surface area contributed by atoms with Crippen LogP contribution in [-0.2, 0) is 16.8 Å². The first-order chi connectivity index (χ1) is 8.55. The van der Waals surface area contributed by atoms with E-state index >= 15 is 0 Å². The molecule has 0 unspecified atom stereocenters. The van der Waals surface area contributed by atoms with Crippen molar-refractivity contribution in [3.8, 4) is 0 Å². The lowest BCUT2D eigenvalue weighted by atomic mass is 10.2. The van der Waals surface area contributed by atoms with Crippen molar-refractivity contribution in [2.24, 2.45) is 0 Å². The molecule has 0 saturated carbocycles. The molecule has 6 heteroatoms. The average Bonchev–Trinajstić information content (AvgIpc) is 2.34. The molecule has 2 N–H and O–H groups in total. The van der Waals surface area contributed by atoms with E-state index < -0.39 is 10.2 Å². The molecule has 18 heavy (non-hydrogen) atoms. The molecule has 1 aromatic rings. The van der Waals surface area contributed by atoms with Gasteiger partial charge in [0.05, 0.1) is 0 Å². The van der Waals surface area contributed by atoms with E-state index in [1.807, 2.05) is 25.1 Å². The smallest absolute Gasteiger partial charge is 0.282 e. The van der Waals surface area contributed by atoms with Crippen molar-refractivity contribution >= 4 is 15.9 Å². The molecule has 2 rings (SSSR count). The van der Waals surface area contributed by atoms with Crippen LogP contribution in [0.15, 0.2) is 24.3 Å². The summed E-state index contributed by atoms with van der Waals surface area (Å²) in [5.74, 6) is 0. The maximum absolute atomic E-state index is 12.3. The number of para-hydroxylation sites is 1. The Kier molecular flexibility index (Phi) is 3.89. The Hall–Kier alpha value is -1.11. The number of nitrogens with zero attached hydrogens (tertiary/aromatic N) is 2. The van der Waals surface area contributed by atoms with Crippen molar-refractivity contribution in [3.05, 3.63) is 29.8 Å². The summed E-state index contributed by atoms with van der Waals surface area (Å²) in [5, 5.41) is 0. The molecular weight excluding hydrogens is 250 g/mol. The first-order valence-corrected chi connectivity index (χ1v) is 7.54. The fraction of sp³-hybridized carbons (Fsp3) is 0.500. The minimum atomic E-state index is -3.32. The highest BCUT2D eigenvalue weighted by Gasteiger charge is 2.32. The zero-order chi connectivity index (χ0) is 13.2. The second-order valence-corrected chi connectivity index (χ2v) is 6.31. The van der Waals surface area contributed by atoms with Crippen molar-refractivity contribution in [3.63, 3.8) is 0 Å². The predicted octanol–water partition coefficient (Wildman–Crippen LogP) is 1.04. The average molecular weight is 269 g/mol. The molecule has 0 atom stereocenters. The molecule has 1 heterocycles. The molecule has 1 fully saturated rings. The van der Waals surface area contributed by atoms with Crippen LogP contribution in [0.5, 0.6) is 0 Å². The number of benzene rings is 1. The highest BCUT2D eigenvalue weighted by atomic mass is 32.2. The second kappa shape index (κ2) is 5.26. The predicted molar refractivity (Wildman–Crippen MR) is 72.0 cm³/mol. The first-order valence-electron chi connectivity index (χ1n) is 6.14. The lowest BCUT2D eigenvalue weighted by Crippen LogP contribution is -2.49. The fourth-order valence-electron chi connectivity index (χ4n) is 2.17. The highest BCUT2D eigenvalue weighted by Crippen LogP contribution is 2.21. The van der Waals surface area contributed by atoms with E-state index in [4.69, 9.17) is 5.73 Å². The summed E-state index contributed by atoms with van der Waals surface area (Å²) < 4.78 is 27.6. The van der Waals surface area contributed by atoms with E-state index in [0.717, 1.165) is 12.0 Å². The van der Waals surface area contributed by atoms with Gasteiger partial charge in [0.15, 0.2) is 0 Å². The van der Waals surface area contributed by atoms with Crippen LogP contribution in [0.3, 0.4) is 0 Å². The van der Waals surface area contributed by atoms with Gasteiger partial charge in [-0.3, -0.25) is 0 Å². The van der Waals surface area contributed by atoms with Gasteiger partial charge in [0, 0.05) is 31.9 Å². The van der Waals surface area contributed by atoms with Crippen molar-refractivity contribution in [1.82, 2.24) is 8.61 Å². The highest BCUT2D eigenvalue weighted by molar-refractivity contribution is 7.86. The van der Waals surface area contributed by atoms with Crippen LogP contribution in [0.2, 0.25) is 0 Å². The Balaban J connectivity index is 2.21. The van der Waals surface area contributed by atoms with Crippen LogP contribution >= 0.6 is 0 Å². The fourth-order valence-corrected chi connectivity index (χ4v) is 3.84. The number of nitrogens with two attached hydrogens (primary N) is 1. The Bertz CT molecular complexity index is 516. The number of anilines is 1. The minimum absolute atomic E-state index is 0.353. The molecule has 5 nitrogen and oxygen atoms in total. The van der Waals surface area contributed by atoms with Gasteiger partial charge in [-0.1, -0.05) is 25.1 Å². The summed E-state index contributed by atoms with van der Waals surface area (Å²) in [7, 11) is -3.32. The van der Waals surface area contributed by atoms with Crippen molar-refractivity contribution < 1.29 is 8.42 Å². The number of nitrogen functional groups attached to an aromatic ring is 1. The van der Waals surface area contributed by atoms with Gasteiger partial charge >= 0.3 is 0 Å². The van der Waals surface area contributed by atoms with Crippen molar-refractivity contribution in [2.75, 3.05) is 25.4 Å². The van der Waals surface area contributed by atoms with Gasteiger partial charge in [0.2, 0.25) is 0 Å². The summed E-state index contributed by atoms with van der Waals surface area (Å²) in [4.78, 5) is 0. The third-order valence-corrected chi connectivity index (χ3v) is 5.28. The van der Waals surface area contributed by atoms with Gasteiger partial charge in [-0.15, -0.1) is 0 Å². The molecule has 0 aromatic heterocycles. The molecule has 1 aliphatic rings. The molecule has 0 amide bonds. The molecule has 1 aliphatic heterocycles. The number of hydrogen-bond donors (Lipinski definition) is 1. The topological polar surface area (TPSA) is 66.6 Å². The SMILES string of the molecule is CCN1CCCN(Cc2ccccc2N)S1(=O)=O. The third-order valence-electron chi connectivity index (χ3n) is 3.22. The zero-order valence-corrected chi connectivity index (χ0v) is 11.4. The van der Waals surface area contributed by atoms with Crippen molar-refractivity contribution in [1.29, 1.82) is 0 Å². The number of hydrogen-bond acceptors (Lipinski definition) is 3. The molecule has 0 aliphatic carbocycles. The summed E-state index contributed by atoms with van der Waals surface area (Å²) in [5.41, 5.74) is 7.36. The lowest BCUT2D eigenvalue weighted by Gasteiger charge is -2.34. The largest absolute Gasteiger partial charge is 0.398 e. The molecule has 1 aromatic carbocycles. The van der Waals surface area contributed by atoms with Crippen molar-refractivity contribution in [2.45, 2.75) is 19.9 Å². The molecule has 0 spiro atoms. The number of rotatable bonds is 3. The van der Waals surface area contributed by atoms with Crippen LogP contribution in [0.1, 0.15) is 18.9 Å². The Morgan fingerprint density at radius 3 is 2.56 bits per heavy atom. The van der Waals surface area contributed by atoms with E-state index in [0.29, 0.717) is 31.9 Å². The van der Waals surface area contributed by atoms with Gasteiger partial charge in [-0.05, 0) is 18.1 Å². The van der Waals surface area contributed by atoms with Gasteiger partial charge in [-0.25, -0.2) is 0 Å². The second-order valence-electron chi connectivity index (χ2n) is 4.39. The summed E-state index contributed by atoms with van der Waals surface area (Å²) in [6.45, 7) is 3.90. The molecule has 0 bridgehead atoms.